The molecule has 0 spiro atoms. The van der Waals surface area contributed by atoms with Gasteiger partial charge in [0, 0.05) is 25.0 Å². The molecule has 2 heterocycles. The second-order valence-corrected chi connectivity index (χ2v) is 5.12. The van der Waals surface area contributed by atoms with Crippen molar-refractivity contribution in [3.05, 3.63) is 29.6 Å². The molecule has 1 aliphatic heterocycles. The third-order valence-corrected chi connectivity index (χ3v) is 3.73. The van der Waals surface area contributed by atoms with E-state index in [2.05, 4.69) is 29.9 Å². The van der Waals surface area contributed by atoms with E-state index in [1.807, 2.05) is 12.4 Å². The van der Waals surface area contributed by atoms with Crippen molar-refractivity contribution < 1.29 is 4.74 Å². The van der Waals surface area contributed by atoms with Crippen molar-refractivity contribution in [3.63, 3.8) is 0 Å². The molecule has 1 atom stereocenters. The van der Waals surface area contributed by atoms with E-state index in [0.717, 1.165) is 19.6 Å². The molecule has 0 unspecified atom stereocenters. The summed E-state index contributed by atoms with van der Waals surface area (Å²) in [7, 11) is 2.20. The van der Waals surface area contributed by atoms with E-state index in [9.17, 15) is 0 Å². The highest BCUT2D eigenvalue weighted by atomic mass is 16.5. The molecule has 3 heteroatoms. The zero-order valence-electron chi connectivity index (χ0n) is 11.6. The summed E-state index contributed by atoms with van der Waals surface area (Å²) in [6.07, 6.45) is 8.75. The third kappa shape index (κ3) is 3.30. The summed E-state index contributed by atoms with van der Waals surface area (Å²) in [5.74, 6) is 0. The Morgan fingerprint density at radius 1 is 1.50 bits per heavy atom. The quantitative estimate of drug-likeness (QED) is 0.723. The molecule has 1 fully saturated rings. The lowest BCUT2D eigenvalue weighted by atomic mass is 10.0. The molecule has 0 amide bonds. The molecular formula is C15H24N2O. The molecule has 1 saturated heterocycles. The number of nitrogens with zero attached hydrogens (tertiary/aromatic N) is 2. The standard InChI is InChI=1S/C15H24N2O/c1-3-4-10-18-12-13-7-8-16-11-14(13)15-6-5-9-17(15)2/h7-8,11,15H,3-6,9-10,12H2,1-2H3/t15-/m0/s1. The van der Waals surface area contributed by atoms with E-state index in [1.165, 1.54) is 36.9 Å². The van der Waals surface area contributed by atoms with Crippen molar-refractivity contribution in [1.29, 1.82) is 0 Å². The summed E-state index contributed by atoms with van der Waals surface area (Å²) in [5.41, 5.74) is 2.66. The van der Waals surface area contributed by atoms with Gasteiger partial charge in [0.1, 0.15) is 0 Å². The van der Waals surface area contributed by atoms with Gasteiger partial charge in [-0.3, -0.25) is 9.88 Å². The predicted octanol–water partition coefficient (Wildman–Crippen LogP) is 3.17. The van der Waals surface area contributed by atoms with Gasteiger partial charge in [0.05, 0.1) is 6.61 Å². The van der Waals surface area contributed by atoms with E-state index in [-0.39, 0.29) is 0 Å². The van der Waals surface area contributed by atoms with E-state index < -0.39 is 0 Å². The minimum atomic E-state index is 0.531. The molecule has 100 valence electrons. The highest BCUT2D eigenvalue weighted by Gasteiger charge is 2.24. The third-order valence-electron chi connectivity index (χ3n) is 3.73. The molecule has 18 heavy (non-hydrogen) atoms. The molecule has 1 aromatic heterocycles. The first-order valence-corrected chi connectivity index (χ1v) is 7.03. The highest BCUT2D eigenvalue weighted by molar-refractivity contribution is 5.26. The Balaban J connectivity index is 2.01. The first-order chi connectivity index (χ1) is 8.83. The SMILES string of the molecule is CCCCOCc1ccncc1[C@@H]1CCCN1C. The lowest BCUT2D eigenvalue weighted by Crippen LogP contribution is -2.19. The average molecular weight is 248 g/mol. The Hall–Kier alpha value is -0.930. The summed E-state index contributed by atoms with van der Waals surface area (Å²) in [6.45, 7) is 4.96. The zero-order valence-corrected chi connectivity index (χ0v) is 11.6. The lowest BCUT2D eigenvalue weighted by Gasteiger charge is -2.22. The van der Waals surface area contributed by atoms with Crippen LogP contribution >= 0.6 is 0 Å². The van der Waals surface area contributed by atoms with Crippen molar-refractivity contribution in [2.75, 3.05) is 20.2 Å². The molecule has 0 aromatic carbocycles. The van der Waals surface area contributed by atoms with Crippen LogP contribution in [0.2, 0.25) is 0 Å². The van der Waals surface area contributed by atoms with Gasteiger partial charge in [-0.05, 0) is 50.0 Å². The average Bonchev–Trinajstić information content (AvgIpc) is 2.81. The van der Waals surface area contributed by atoms with Crippen molar-refractivity contribution >= 4 is 0 Å². The molecule has 0 bridgehead atoms. The molecule has 0 radical (unpaired) electrons. The van der Waals surface area contributed by atoms with Crippen LogP contribution in [0.15, 0.2) is 18.5 Å². The van der Waals surface area contributed by atoms with Crippen LogP contribution in [0.1, 0.15) is 49.8 Å². The molecule has 0 N–H and O–H groups in total. The highest BCUT2D eigenvalue weighted by Crippen LogP contribution is 2.32. The van der Waals surface area contributed by atoms with Gasteiger partial charge in [-0.15, -0.1) is 0 Å². The van der Waals surface area contributed by atoms with E-state index >= 15 is 0 Å². The van der Waals surface area contributed by atoms with Crippen molar-refractivity contribution in [3.8, 4) is 0 Å². The molecule has 1 aliphatic rings. The number of ether oxygens (including phenoxy) is 1. The number of unbranched alkanes of at least 4 members (excludes halogenated alkanes) is 1. The van der Waals surface area contributed by atoms with Crippen LogP contribution in [0.25, 0.3) is 0 Å². The van der Waals surface area contributed by atoms with Crippen LogP contribution in [0.4, 0.5) is 0 Å². The van der Waals surface area contributed by atoms with Gasteiger partial charge in [0.25, 0.3) is 0 Å². The topological polar surface area (TPSA) is 25.4 Å². The van der Waals surface area contributed by atoms with E-state index in [1.54, 1.807) is 0 Å². The van der Waals surface area contributed by atoms with Gasteiger partial charge in [-0.1, -0.05) is 13.3 Å². The monoisotopic (exact) mass is 248 g/mol. The minimum Gasteiger partial charge on any atom is -0.377 e. The van der Waals surface area contributed by atoms with E-state index in [0.29, 0.717) is 6.04 Å². The van der Waals surface area contributed by atoms with Gasteiger partial charge in [-0.2, -0.15) is 0 Å². The van der Waals surface area contributed by atoms with Crippen LogP contribution in [-0.2, 0) is 11.3 Å². The Labute approximate surface area is 110 Å². The number of hydrogen-bond donors (Lipinski definition) is 0. The number of likely N-dealkylation sites (tertiary alicyclic amines) is 1. The number of rotatable bonds is 6. The summed E-state index contributed by atoms with van der Waals surface area (Å²) in [5, 5.41) is 0. The van der Waals surface area contributed by atoms with Gasteiger partial charge < -0.3 is 4.74 Å². The Kier molecular flexibility index (Phi) is 5.14. The van der Waals surface area contributed by atoms with E-state index in [4.69, 9.17) is 4.74 Å². The maximum absolute atomic E-state index is 5.75. The summed E-state index contributed by atoms with van der Waals surface area (Å²) >= 11 is 0. The normalized spacial score (nSPS) is 20.4. The Morgan fingerprint density at radius 2 is 2.39 bits per heavy atom. The molecule has 1 aromatic rings. The zero-order chi connectivity index (χ0) is 12.8. The maximum atomic E-state index is 5.75. The molecule has 0 aliphatic carbocycles. The smallest absolute Gasteiger partial charge is 0.0721 e. The molecular weight excluding hydrogens is 224 g/mol. The van der Waals surface area contributed by atoms with Crippen LogP contribution in [0, 0.1) is 0 Å². The summed E-state index contributed by atoms with van der Waals surface area (Å²) in [4.78, 5) is 6.71. The minimum absolute atomic E-state index is 0.531. The molecule has 2 rings (SSSR count). The number of pyridine rings is 1. The fourth-order valence-corrected chi connectivity index (χ4v) is 2.60. The van der Waals surface area contributed by atoms with Crippen LogP contribution < -0.4 is 0 Å². The molecule has 3 nitrogen and oxygen atoms in total. The number of hydrogen-bond acceptors (Lipinski definition) is 3. The first kappa shape index (κ1) is 13.5. The summed E-state index contributed by atoms with van der Waals surface area (Å²) < 4.78 is 5.75. The second kappa shape index (κ2) is 6.86. The lowest BCUT2D eigenvalue weighted by molar-refractivity contribution is 0.116. The first-order valence-electron chi connectivity index (χ1n) is 7.03. The van der Waals surface area contributed by atoms with Crippen LogP contribution in [0.3, 0.4) is 0 Å². The Morgan fingerprint density at radius 3 is 3.11 bits per heavy atom. The fourth-order valence-electron chi connectivity index (χ4n) is 2.60. The van der Waals surface area contributed by atoms with Crippen LogP contribution in [-0.4, -0.2) is 30.1 Å². The predicted molar refractivity (Wildman–Crippen MR) is 73.4 cm³/mol. The van der Waals surface area contributed by atoms with Crippen molar-refractivity contribution in [2.45, 2.75) is 45.3 Å². The Bertz CT molecular complexity index is 367. The second-order valence-electron chi connectivity index (χ2n) is 5.12. The van der Waals surface area contributed by atoms with Crippen molar-refractivity contribution in [1.82, 2.24) is 9.88 Å². The summed E-state index contributed by atoms with van der Waals surface area (Å²) in [6, 6.07) is 2.64. The maximum Gasteiger partial charge on any atom is 0.0721 e. The van der Waals surface area contributed by atoms with Crippen molar-refractivity contribution in [2.24, 2.45) is 0 Å². The number of aromatic nitrogens is 1. The largest absolute Gasteiger partial charge is 0.377 e. The van der Waals surface area contributed by atoms with Gasteiger partial charge >= 0.3 is 0 Å². The van der Waals surface area contributed by atoms with Gasteiger partial charge in [0.15, 0.2) is 0 Å². The van der Waals surface area contributed by atoms with Gasteiger partial charge in [0.2, 0.25) is 0 Å². The molecule has 0 saturated carbocycles. The van der Waals surface area contributed by atoms with Crippen LogP contribution in [0.5, 0.6) is 0 Å². The van der Waals surface area contributed by atoms with Gasteiger partial charge in [-0.25, -0.2) is 0 Å². The fraction of sp³-hybridized carbons (Fsp3) is 0.667.